The zero-order valence-electron chi connectivity index (χ0n) is 18.1. The molecule has 0 radical (unpaired) electrons. The SMILES string of the molecule is CCOc1ccc([C@@H]2C(=C(O)c3ccc(Cl)cc3)C(=O)C(=O)N2CCCn2ccnc2)cc1. The van der Waals surface area contributed by atoms with Gasteiger partial charge in [0.2, 0.25) is 0 Å². The highest BCUT2D eigenvalue weighted by atomic mass is 35.5. The van der Waals surface area contributed by atoms with Gasteiger partial charge in [-0.15, -0.1) is 0 Å². The van der Waals surface area contributed by atoms with Crippen LogP contribution in [0.1, 0.15) is 30.5 Å². The Hall–Kier alpha value is -3.58. The van der Waals surface area contributed by atoms with E-state index in [1.54, 1.807) is 48.9 Å². The molecule has 0 saturated carbocycles. The summed E-state index contributed by atoms with van der Waals surface area (Å²) in [6.07, 6.45) is 5.87. The molecule has 0 unspecified atom stereocenters. The number of amides is 1. The maximum absolute atomic E-state index is 13.1. The Bertz CT molecular complexity index is 1160. The highest BCUT2D eigenvalue weighted by Gasteiger charge is 2.45. The van der Waals surface area contributed by atoms with Crippen LogP contribution >= 0.6 is 11.6 Å². The molecule has 170 valence electrons. The molecule has 2 aromatic carbocycles. The van der Waals surface area contributed by atoms with Crippen molar-refractivity contribution in [1.82, 2.24) is 14.5 Å². The van der Waals surface area contributed by atoms with Gasteiger partial charge in [0.25, 0.3) is 11.7 Å². The molecule has 1 N–H and O–H groups in total. The second-order valence-electron chi connectivity index (χ2n) is 7.66. The van der Waals surface area contributed by atoms with Gasteiger partial charge in [0.05, 0.1) is 24.5 Å². The first-order chi connectivity index (χ1) is 16.0. The highest BCUT2D eigenvalue weighted by Crippen LogP contribution is 2.40. The number of carbonyl (C=O) groups is 2. The minimum Gasteiger partial charge on any atom is -0.507 e. The highest BCUT2D eigenvalue weighted by molar-refractivity contribution is 6.46. The number of aliphatic hydroxyl groups excluding tert-OH is 1. The van der Waals surface area contributed by atoms with Crippen molar-refractivity contribution in [1.29, 1.82) is 0 Å². The number of aromatic nitrogens is 2. The molecule has 1 aliphatic rings. The van der Waals surface area contributed by atoms with E-state index in [4.69, 9.17) is 16.3 Å². The van der Waals surface area contributed by atoms with E-state index in [-0.39, 0.29) is 11.3 Å². The number of hydrogen-bond acceptors (Lipinski definition) is 5. The van der Waals surface area contributed by atoms with E-state index in [1.165, 1.54) is 4.90 Å². The van der Waals surface area contributed by atoms with E-state index in [0.29, 0.717) is 42.5 Å². The molecule has 0 spiro atoms. The van der Waals surface area contributed by atoms with Crippen LogP contribution in [0.5, 0.6) is 5.75 Å². The first kappa shape index (κ1) is 22.6. The van der Waals surface area contributed by atoms with Gasteiger partial charge in [-0.2, -0.15) is 0 Å². The van der Waals surface area contributed by atoms with Gasteiger partial charge >= 0.3 is 0 Å². The molecular formula is C25H24ClN3O4. The Labute approximate surface area is 196 Å². The van der Waals surface area contributed by atoms with Crippen LogP contribution in [0.4, 0.5) is 0 Å². The molecule has 3 aromatic rings. The zero-order chi connectivity index (χ0) is 23.4. The number of imidazole rings is 1. The Morgan fingerprint density at radius 2 is 1.82 bits per heavy atom. The fourth-order valence-corrected chi connectivity index (χ4v) is 4.10. The van der Waals surface area contributed by atoms with Crippen LogP contribution in [0.25, 0.3) is 5.76 Å². The molecule has 1 amide bonds. The fourth-order valence-electron chi connectivity index (χ4n) is 3.98. The van der Waals surface area contributed by atoms with Crippen LogP contribution in [0, 0.1) is 0 Å². The molecule has 33 heavy (non-hydrogen) atoms. The number of benzene rings is 2. The summed E-state index contributed by atoms with van der Waals surface area (Å²) in [6.45, 7) is 3.42. The molecule has 1 aliphatic heterocycles. The molecular weight excluding hydrogens is 442 g/mol. The predicted octanol–water partition coefficient (Wildman–Crippen LogP) is 4.45. The summed E-state index contributed by atoms with van der Waals surface area (Å²) in [6, 6.07) is 13.0. The number of rotatable bonds is 8. The fraction of sp³-hybridized carbons (Fsp3) is 0.240. The van der Waals surface area contributed by atoms with Crippen LogP contribution in [-0.4, -0.2) is 44.4 Å². The summed E-state index contributed by atoms with van der Waals surface area (Å²) in [5.74, 6) is -0.865. The first-order valence-corrected chi connectivity index (χ1v) is 11.1. The largest absolute Gasteiger partial charge is 0.507 e. The van der Waals surface area contributed by atoms with Crippen molar-refractivity contribution >= 4 is 29.1 Å². The van der Waals surface area contributed by atoms with Gasteiger partial charge in [-0.3, -0.25) is 9.59 Å². The number of aryl methyl sites for hydroxylation is 1. The lowest BCUT2D eigenvalue weighted by Crippen LogP contribution is -2.31. The monoisotopic (exact) mass is 465 g/mol. The normalized spacial score (nSPS) is 17.5. The lowest BCUT2D eigenvalue weighted by molar-refractivity contribution is -0.139. The number of hydrogen-bond donors (Lipinski definition) is 1. The summed E-state index contributed by atoms with van der Waals surface area (Å²) in [7, 11) is 0. The Morgan fingerprint density at radius 3 is 2.45 bits per heavy atom. The molecule has 1 saturated heterocycles. The molecule has 1 aromatic heterocycles. The first-order valence-electron chi connectivity index (χ1n) is 10.7. The van der Waals surface area contributed by atoms with Crippen molar-refractivity contribution in [2.45, 2.75) is 25.9 Å². The molecule has 1 atom stereocenters. The van der Waals surface area contributed by atoms with Crippen molar-refractivity contribution < 1.29 is 19.4 Å². The number of halogens is 1. The summed E-state index contributed by atoms with van der Waals surface area (Å²) in [5.41, 5.74) is 1.21. The van der Waals surface area contributed by atoms with E-state index < -0.39 is 17.7 Å². The summed E-state index contributed by atoms with van der Waals surface area (Å²) >= 11 is 5.97. The van der Waals surface area contributed by atoms with Gasteiger partial charge in [-0.25, -0.2) is 4.98 Å². The maximum atomic E-state index is 13.1. The topological polar surface area (TPSA) is 84.7 Å². The van der Waals surface area contributed by atoms with Crippen molar-refractivity contribution in [3.05, 3.63) is 89.0 Å². The quantitative estimate of drug-likeness (QED) is 0.302. The average molecular weight is 466 g/mol. The van der Waals surface area contributed by atoms with Crippen LogP contribution in [0.2, 0.25) is 5.02 Å². The second-order valence-corrected chi connectivity index (χ2v) is 8.09. The number of ether oxygens (including phenoxy) is 1. The minimum atomic E-state index is -0.709. The smallest absolute Gasteiger partial charge is 0.295 e. The molecule has 7 nitrogen and oxygen atoms in total. The van der Waals surface area contributed by atoms with E-state index in [0.717, 1.165) is 5.56 Å². The van der Waals surface area contributed by atoms with Crippen molar-refractivity contribution in [2.24, 2.45) is 0 Å². The van der Waals surface area contributed by atoms with Crippen LogP contribution in [-0.2, 0) is 16.1 Å². The van der Waals surface area contributed by atoms with Gasteiger partial charge in [0.15, 0.2) is 0 Å². The summed E-state index contributed by atoms with van der Waals surface area (Å²) < 4.78 is 7.44. The number of nitrogens with zero attached hydrogens (tertiary/aromatic N) is 3. The van der Waals surface area contributed by atoms with Crippen molar-refractivity contribution in [2.75, 3.05) is 13.2 Å². The van der Waals surface area contributed by atoms with Gasteiger partial charge in [-0.05, 0) is 55.3 Å². The van der Waals surface area contributed by atoms with E-state index in [9.17, 15) is 14.7 Å². The minimum absolute atomic E-state index is 0.0640. The van der Waals surface area contributed by atoms with E-state index in [2.05, 4.69) is 4.98 Å². The molecule has 0 aliphatic carbocycles. The number of carbonyl (C=O) groups excluding carboxylic acids is 2. The Kier molecular flexibility index (Phi) is 6.79. The Morgan fingerprint density at radius 1 is 1.09 bits per heavy atom. The number of likely N-dealkylation sites (tertiary alicyclic amines) is 1. The second kappa shape index (κ2) is 9.92. The van der Waals surface area contributed by atoms with Gasteiger partial charge in [0, 0.05) is 36.1 Å². The van der Waals surface area contributed by atoms with Crippen LogP contribution < -0.4 is 4.74 Å². The average Bonchev–Trinajstić information content (AvgIpc) is 3.42. The predicted molar refractivity (Wildman–Crippen MR) is 125 cm³/mol. The third-order valence-electron chi connectivity index (χ3n) is 5.54. The zero-order valence-corrected chi connectivity index (χ0v) is 18.9. The number of Topliss-reactive ketones (excluding diaryl/α,β-unsaturated/α-hetero) is 1. The molecule has 4 rings (SSSR count). The lowest BCUT2D eigenvalue weighted by Gasteiger charge is -2.25. The lowest BCUT2D eigenvalue weighted by atomic mass is 9.95. The Balaban J connectivity index is 1.71. The van der Waals surface area contributed by atoms with Gasteiger partial charge in [-0.1, -0.05) is 23.7 Å². The van der Waals surface area contributed by atoms with Gasteiger partial charge < -0.3 is 19.3 Å². The van der Waals surface area contributed by atoms with Crippen molar-refractivity contribution in [3.8, 4) is 5.75 Å². The molecule has 2 heterocycles. The number of ketones is 1. The number of aliphatic hydroxyl groups is 1. The van der Waals surface area contributed by atoms with Crippen LogP contribution in [0.3, 0.4) is 0 Å². The van der Waals surface area contributed by atoms with Crippen molar-refractivity contribution in [3.63, 3.8) is 0 Å². The third kappa shape index (κ3) is 4.78. The molecule has 1 fully saturated rings. The summed E-state index contributed by atoms with van der Waals surface area (Å²) in [5, 5.41) is 11.6. The van der Waals surface area contributed by atoms with Gasteiger partial charge in [0.1, 0.15) is 11.5 Å². The van der Waals surface area contributed by atoms with Crippen LogP contribution in [0.15, 0.2) is 72.8 Å². The van der Waals surface area contributed by atoms with E-state index >= 15 is 0 Å². The summed E-state index contributed by atoms with van der Waals surface area (Å²) in [4.78, 5) is 31.6. The maximum Gasteiger partial charge on any atom is 0.295 e. The van der Waals surface area contributed by atoms with E-state index in [1.807, 2.05) is 29.8 Å². The molecule has 8 heteroatoms. The third-order valence-corrected chi connectivity index (χ3v) is 5.79. The standard InChI is InChI=1S/C25H24ClN3O4/c1-2-33-20-10-6-17(7-11-20)22-21(23(30)18-4-8-19(26)9-5-18)24(31)25(32)29(22)14-3-13-28-15-12-27-16-28/h4-12,15-16,22,30H,2-3,13-14H2,1H3/t22-/m1/s1. The molecule has 0 bridgehead atoms.